The van der Waals surface area contributed by atoms with E-state index in [0.29, 0.717) is 11.5 Å². The van der Waals surface area contributed by atoms with Crippen molar-refractivity contribution >= 4 is 23.6 Å². The molecule has 3 nitrogen and oxygen atoms in total. The fourth-order valence-corrected chi connectivity index (χ4v) is 0.929. The first-order valence-electron chi connectivity index (χ1n) is 4.57. The Morgan fingerprint density at radius 3 is 2.47 bits per heavy atom. The Morgan fingerprint density at radius 2 is 2.07 bits per heavy atom. The summed E-state index contributed by atoms with van der Waals surface area (Å²) in [6.45, 7) is 2.01. The fraction of sp³-hybridized carbons (Fsp3) is 0.273. The first-order chi connectivity index (χ1) is 7.11. The van der Waals surface area contributed by atoms with Gasteiger partial charge < -0.3 is 15.8 Å². The highest BCUT2D eigenvalue weighted by Gasteiger charge is 1.92. The van der Waals surface area contributed by atoms with Crippen molar-refractivity contribution in [1.29, 1.82) is 0 Å². The summed E-state index contributed by atoms with van der Waals surface area (Å²) >= 11 is 4.36. The van der Waals surface area contributed by atoms with E-state index in [1.54, 1.807) is 7.05 Å². The number of aryl methyl sites for hydroxylation is 1. The van der Waals surface area contributed by atoms with Crippen LogP contribution in [0.3, 0.4) is 0 Å². The molecule has 0 heterocycles. The zero-order valence-electron chi connectivity index (χ0n) is 8.99. The molecular weight excluding hydrogens is 208 g/mol. The van der Waals surface area contributed by atoms with Crippen LogP contribution in [0.4, 0.5) is 0 Å². The maximum absolute atomic E-state index is 10.1. The smallest absolute Gasteiger partial charge is 0.163 e. The number of thiocarbonyl (C=S) groups is 1. The van der Waals surface area contributed by atoms with E-state index in [1.807, 2.05) is 31.2 Å². The molecule has 0 saturated carbocycles. The van der Waals surface area contributed by atoms with E-state index >= 15 is 0 Å². The molecule has 1 rings (SSSR count). The number of carbonyl (C=O) groups excluding carboxylic acids is 1. The Balaban J connectivity index is 0.000000336. The highest BCUT2D eigenvalue weighted by molar-refractivity contribution is 7.80. The van der Waals surface area contributed by atoms with E-state index in [9.17, 15) is 4.79 Å². The minimum atomic E-state index is 0.338. The lowest BCUT2D eigenvalue weighted by Crippen LogP contribution is -2.24. The number of hydrogen-bond donors (Lipinski definition) is 2. The zero-order chi connectivity index (χ0) is 11.7. The van der Waals surface area contributed by atoms with Crippen molar-refractivity contribution in [3.8, 4) is 0 Å². The molecule has 0 aliphatic carbocycles. The maximum atomic E-state index is 10.1. The van der Waals surface area contributed by atoms with Crippen molar-refractivity contribution in [1.82, 2.24) is 5.32 Å². The Morgan fingerprint density at radius 1 is 1.53 bits per heavy atom. The largest absolute Gasteiger partial charge is 0.376 e. The van der Waals surface area contributed by atoms with Gasteiger partial charge in [-0.05, 0) is 30.3 Å². The first-order valence-corrected chi connectivity index (χ1v) is 4.98. The van der Waals surface area contributed by atoms with Crippen LogP contribution in [-0.2, 0) is 11.2 Å². The van der Waals surface area contributed by atoms with Crippen molar-refractivity contribution in [3.05, 3.63) is 35.4 Å². The van der Waals surface area contributed by atoms with Crippen LogP contribution in [-0.4, -0.2) is 18.4 Å². The zero-order valence-corrected chi connectivity index (χ0v) is 9.80. The average molecular weight is 224 g/mol. The average Bonchev–Trinajstić information content (AvgIpc) is 2.23. The summed E-state index contributed by atoms with van der Waals surface area (Å²) < 4.78 is 0. The van der Waals surface area contributed by atoms with Gasteiger partial charge in [0.2, 0.25) is 0 Å². The lowest BCUT2D eigenvalue weighted by Gasteiger charge is -1.97. The molecule has 0 radical (unpaired) electrons. The monoisotopic (exact) mass is 224 g/mol. The summed E-state index contributed by atoms with van der Waals surface area (Å²) in [7, 11) is 1.68. The quantitative estimate of drug-likeness (QED) is 0.585. The minimum absolute atomic E-state index is 0.338. The van der Waals surface area contributed by atoms with E-state index in [0.717, 1.165) is 11.8 Å². The van der Waals surface area contributed by atoms with Crippen molar-refractivity contribution in [3.63, 3.8) is 0 Å². The number of hydrogen-bond acceptors (Lipinski definition) is 2. The van der Waals surface area contributed by atoms with Gasteiger partial charge in [0.05, 0.1) is 0 Å². The Kier molecular flexibility index (Phi) is 7.18. The normalized spacial score (nSPS) is 8.40. The van der Waals surface area contributed by atoms with Crippen LogP contribution in [0.5, 0.6) is 0 Å². The van der Waals surface area contributed by atoms with Crippen LogP contribution >= 0.6 is 12.2 Å². The van der Waals surface area contributed by atoms with Gasteiger partial charge in [0.1, 0.15) is 6.29 Å². The molecule has 0 saturated heterocycles. The van der Waals surface area contributed by atoms with Gasteiger partial charge in [-0.1, -0.05) is 24.3 Å². The van der Waals surface area contributed by atoms with Gasteiger partial charge in [-0.15, -0.1) is 0 Å². The summed E-state index contributed by atoms with van der Waals surface area (Å²) in [5, 5.41) is 2.88. The van der Waals surface area contributed by atoms with Crippen LogP contribution in [0.15, 0.2) is 24.3 Å². The van der Waals surface area contributed by atoms with E-state index in [2.05, 4.69) is 17.5 Å². The minimum Gasteiger partial charge on any atom is -0.376 e. The number of aldehydes is 1. The van der Waals surface area contributed by atoms with Gasteiger partial charge in [0, 0.05) is 13.5 Å². The predicted molar refractivity (Wildman–Crippen MR) is 66.8 cm³/mol. The molecule has 82 valence electrons. The van der Waals surface area contributed by atoms with Gasteiger partial charge in [-0.25, -0.2) is 0 Å². The molecular formula is C11H16N2OS. The van der Waals surface area contributed by atoms with Gasteiger partial charge in [0.25, 0.3) is 0 Å². The summed E-state index contributed by atoms with van der Waals surface area (Å²) in [5.74, 6) is 0. The van der Waals surface area contributed by atoms with Crippen LogP contribution in [0.25, 0.3) is 0 Å². The molecule has 0 aliphatic rings. The third-order valence-corrected chi connectivity index (χ3v) is 2.02. The topological polar surface area (TPSA) is 55.1 Å². The lowest BCUT2D eigenvalue weighted by atomic mass is 10.1. The second-order valence-electron chi connectivity index (χ2n) is 2.91. The molecule has 1 aromatic rings. The van der Waals surface area contributed by atoms with E-state index in [1.165, 1.54) is 5.56 Å². The molecule has 0 aliphatic heterocycles. The third-order valence-electron chi connectivity index (χ3n) is 1.81. The number of carbonyl (C=O) groups is 1. The standard InChI is InChI=1S/C9H10O.C2H6N2S/c1-8-4-2-3-5-9(8)6-7-10;1-4-2(3)5/h2-5,7H,6H2,1H3;1H3,(H3,3,4,5). The Bertz CT molecular complexity index is 326. The molecule has 3 N–H and O–H groups in total. The molecule has 0 spiro atoms. The molecule has 15 heavy (non-hydrogen) atoms. The summed E-state index contributed by atoms with van der Waals surface area (Å²) in [6, 6.07) is 7.91. The molecule has 0 amide bonds. The van der Waals surface area contributed by atoms with Crippen LogP contribution in [0, 0.1) is 6.92 Å². The molecule has 0 bridgehead atoms. The van der Waals surface area contributed by atoms with Gasteiger partial charge in [0.15, 0.2) is 5.11 Å². The Labute approximate surface area is 95.7 Å². The molecule has 0 fully saturated rings. The molecule has 4 heteroatoms. The van der Waals surface area contributed by atoms with Crippen LogP contribution in [0.1, 0.15) is 11.1 Å². The van der Waals surface area contributed by atoms with Gasteiger partial charge in [-0.2, -0.15) is 0 Å². The highest BCUT2D eigenvalue weighted by Crippen LogP contribution is 2.05. The number of nitrogens with one attached hydrogen (secondary N) is 1. The summed E-state index contributed by atoms with van der Waals surface area (Å²) in [4.78, 5) is 10.1. The van der Waals surface area contributed by atoms with Crippen molar-refractivity contribution in [2.24, 2.45) is 5.73 Å². The van der Waals surface area contributed by atoms with Crippen LogP contribution < -0.4 is 11.1 Å². The van der Waals surface area contributed by atoms with E-state index in [-0.39, 0.29) is 0 Å². The SMILES string of the molecule is CNC(N)=S.Cc1ccccc1CC=O. The second-order valence-corrected chi connectivity index (χ2v) is 3.35. The van der Waals surface area contributed by atoms with Crippen LogP contribution in [0.2, 0.25) is 0 Å². The Hall–Kier alpha value is -1.42. The number of nitrogens with two attached hydrogens (primary N) is 1. The van der Waals surface area contributed by atoms with Crippen molar-refractivity contribution in [2.75, 3.05) is 7.05 Å². The van der Waals surface area contributed by atoms with E-state index < -0.39 is 0 Å². The summed E-state index contributed by atoms with van der Waals surface area (Å²) in [5.41, 5.74) is 7.22. The molecule has 0 atom stereocenters. The number of rotatable bonds is 2. The van der Waals surface area contributed by atoms with E-state index in [4.69, 9.17) is 5.73 Å². The highest BCUT2D eigenvalue weighted by atomic mass is 32.1. The van der Waals surface area contributed by atoms with Crippen molar-refractivity contribution < 1.29 is 4.79 Å². The van der Waals surface area contributed by atoms with Crippen molar-refractivity contribution in [2.45, 2.75) is 13.3 Å². The first kappa shape index (κ1) is 13.6. The molecule has 0 aromatic heterocycles. The van der Waals surface area contributed by atoms with Gasteiger partial charge >= 0.3 is 0 Å². The molecule has 0 unspecified atom stereocenters. The van der Waals surface area contributed by atoms with Gasteiger partial charge in [-0.3, -0.25) is 0 Å². The number of benzene rings is 1. The fourth-order valence-electron chi connectivity index (χ4n) is 0.929. The lowest BCUT2D eigenvalue weighted by molar-refractivity contribution is -0.107. The summed E-state index contributed by atoms with van der Waals surface area (Å²) in [6.07, 6.45) is 1.47. The molecule has 1 aromatic carbocycles. The second kappa shape index (κ2) is 7.94. The maximum Gasteiger partial charge on any atom is 0.163 e. The third kappa shape index (κ3) is 6.62. The predicted octanol–water partition coefficient (Wildman–Crippen LogP) is 1.19.